The van der Waals surface area contributed by atoms with Crippen molar-refractivity contribution in [3.05, 3.63) is 42.1 Å². The van der Waals surface area contributed by atoms with Crippen LogP contribution in [0, 0.1) is 5.92 Å². The van der Waals surface area contributed by atoms with Gasteiger partial charge in [-0.2, -0.15) is 0 Å². The summed E-state index contributed by atoms with van der Waals surface area (Å²) in [4.78, 5) is 18.7. The van der Waals surface area contributed by atoms with Gasteiger partial charge in [-0.15, -0.1) is 0 Å². The zero-order chi connectivity index (χ0) is 17.7. The van der Waals surface area contributed by atoms with E-state index < -0.39 is 14.6 Å². The maximum atomic E-state index is 12.7. The van der Waals surface area contributed by atoms with Gasteiger partial charge in [-0.25, -0.2) is 13.4 Å². The van der Waals surface area contributed by atoms with Crippen molar-refractivity contribution >= 4 is 26.6 Å². The molecule has 2 saturated heterocycles. The zero-order valence-corrected chi connectivity index (χ0v) is 14.8. The second-order valence-electron chi connectivity index (χ2n) is 6.87. The number of benzene rings is 1. The number of sulfone groups is 1. The Morgan fingerprint density at radius 2 is 2.04 bits per heavy atom. The van der Waals surface area contributed by atoms with Crippen LogP contribution >= 0.6 is 0 Å². The highest BCUT2D eigenvalue weighted by atomic mass is 32.2. The molecule has 0 N–H and O–H groups in total. The van der Waals surface area contributed by atoms with Crippen LogP contribution in [0.5, 0.6) is 0 Å². The van der Waals surface area contributed by atoms with Crippen LogP contribution in [-0.4, -0.2) is 61.5 Å². The number of para-hydroxylation sites is 1. The fourth-order valence-electron chi connectivity index (χ4n) is 4.00. The number of nitrogens with zero attached hydrogens (tertiary/aromatic N) is 2. The van der Waals surface area contributed by atoms with Gasteiger partial charge in [0.25, 0.3) is 5.91 Å². The molecular weight excluding hydrogens is 340 g/mol. The minimum Gasteiger partial charge on any atom is -0.384 e. The zero-order valence-electron chi connectivity index (χ0n) is 14.0. The normalized spacial score (nSPS) is 23.7. The van der Waals surface area contributed by atoms with E-state index in [0.29, 0.717) is 18.7 Å². The minimum absolute atomic E-state index is 0.0453. The fourth-order valence-corrected chi connectivity index (χ4v) is 6.40. The molecule has 1 atom stereocenters. The van der Waals surface area contributed by atoms with Crippen molar-refractivity contribution in [3.63, 3.8) is 0 Å². The molecule has 1 aromatic carbocycles. The van der Waals surface area contributed by atoms with Crippen molar-refractivity contribution in [1.29, 1.82) is 0 Å². The summed E-state index contributed by atoms with van der Waals surface area (Å²) in [6.07, 6.45) is 0.604. The van der Waals surface area contributed by atoms with Crippen LogP contribution in [0.4, 0.5) is 0 Å². The lowest BCUT2D eigenvalue weighted by Crippen LogP contribution is -2.68. The molecule has 2 aliphatic rings. The summed E-state index contributed by atoms with van der Waals surface area (Å²) in [5.74, 6) is -0.0807. The Balaban J connectivity index is 1.57. The van der Waals surface area contributed by atoms with Crippen LogP contribution in [0.1, 0.15) is 16.9 Å². The quantitative estimate of drug-likeness (QED) is 0.829. The molecule has 3 heterocycles. The third kappa shape index (κ3) is 2.45. The molecule has 7 heteroatoms. The van der Waals surface area contributed by atoms with E-state index in [9.17, 15) is 13.2 Å². The molecule has 4 rings (SSSR count). The lowest BCUT2D eigenvalue weighted by Gasteiger charge is -2.49. The van der Waals surface area contributed by atoms with Gasteiger partial charge >= 0.3 is 0 Å². The van der Waals surface area contributed by atoms with Crippen LogP contribution < -0.4 is 0 Å². The van der Waals surface area contributed by atoms with Gasteiger partial charge < -0.3 is 9.64 Å². The SMILES string of the molecule is COC[C@@H]1CCS(=O)(=O)C12CN(C(=O)c1ccc3ccccc3n1)C2. The highest BCUT2D eigenvalue weighted by molar-refractivity contribution is 7.93. The molecule has 2 aliphatic heterocycles. The first-order chi connectivity index (χ1) is 12.0. The van der Waals surface area contributed by atoms with E-state index in [4.69, 9.17) is 4.74 Å². The molecular formula is C18H20N2O4S. The first-order valence-corrected chi connectivity index (χ1v) is 9.98. The summed E-state index contributed by atoms with van der Waals surface area (Å²) in [6, 6.07) is 11.2. The minimum atomic E-state index is -3.20. The first-order valence-electron chi connectivity index (χ1n) is 8.33. The van der Waals surface area contributed by atoms with Gasteiger partial charge in [-0.3, -0.25) is 4.79 Å². The molecule has 1 amide bonds. The number of carbonyl (C=O) groups is 1. The van der Waals surface area contributed by atoms with Crippen molar-refractivity contribution in [2.24, 2.45) is 5.92 Å². The molecule has 0 saturated carbocycles. The highest BCUT2D eigenvalue weighted by Gasteiger charge is 2.62. The molecule has 132 valence electrons. The number of pyridine rings is 1. The van der Waals surface area contributed by atoms with Gasteiger partial charge in [0, 0.05) is 31.5 Å². The molecule has 25 heavy (non-hydrogen) atoms. The summed E-state index contributed by atoms with van der Waals surface area (Å²) in [7, 11) is -1.62. The van der Waals surface area contributed by atoms with Gasteiger partial charge in [-0.05, 0) is 18.6 Å². The average Bonchev–Trinajstić information content (AvgIpc) is 2.83. The molecule has 2 fully saturated rings. The van der Waals surface area contributed by atoms with Crippen LogP contribution in [-0.2, 0) is 14.6 Å². The lowest BCUT2D eigenvalue weighted by molar-refractivity contribution is 0.0332. The van der Waals surface area contributed by atoms with E-state index in [1.54, 1.807) is 18.1 Å². The third-order valence-electron chi connectivity index (χ3n) is 5.49. The van der Waals surface area contributed by atoms with Gasteiger partial charge in [0.05, 0.1) is 17.9 Å². The number of hydrogen-bond acceptors (Lipinski definition) is 5. The van der Waals surface area contributed by atoms with Crippen molar-refractivity contribution in [2.45, 2.75) is 11.2 Å². The second-order valence-corrected chi connectivity index (χ2v) is 9.33. The van der Waals surface area contributed by atoms with Crippen LogP contribution in [0.25, 0.3) is 10.9 Å². The molecule has 0 unspecified atom stereocenters. The Kier molecular flexibility index (Phi) is 3.81. The number of carbonyl (C=O) groups excluding carboxylic acids is 1. The van der Waals surface area contributed by atoms with Gasteiger partial charge in [0.15, 0.2) is 9.84 Å². The fraction of sp³-hybridized carbons (Fsp3) is 0.444. The van der Waals surface area contributed by atoms with E-state index in [1.807, 2.05) is 30.3 Å². The van der Waals surface area contributed by atoms with Crippen LogP contribution in [0.3, 0.4) is 0 Å². The molecule has 2 aromatic rings. The van der Waals surface area contributed by atoms with Gasteiger partial charge in [-0.1, -0.05) is 24.3 Å². The van der Waals surface area contributed by atoms with E-state index in [-0.39, 0.29) is 30.7 Å². The standard InChI is InChI=1S/C18H20N2O4S/c1-24-10-14-8-9-25(22,23)18(14)11-20(12-18)17(21)16-7-6-13-4-2-3-5-15(13)19-16/h2-7,14H,8-12H2,1H3/t14-/m0/s1. The highest BCUT2D eigenvalue weighted by Crippen LogP contribution is 2.45. The van der Waals surface area contributed by atoms with Crippen molar-refractivity contribution in [1.82, 2.24) is 9.88 Å². The molecule has 6 nitrogen and oxygen atoms in total. The Labute approximate surface area is 146 Å². The molecule has 0 bridgehead atoms. The summed E-state index contributed by atoms with van der Waals surface area (Å²) < 4.78 is 29.4. The Morgan fingerprint density at radius 3 is 2.80 bits per heavy atom. The van der Waals surface area contributed by atoms with Crippen LogP contribution in [0.15, 0.2) is 36.4 Å². The number of amides is 1. The second kappa shape index (κ2) is 5.78. The number of likely N-dealkylation sites (tertiary alicyclic amines) is 1. The third-order valence-corrected chi connectivity index (χ3v) is 8.09. The maximum absolute atomic E-state index is 12.7. The van der Waals surface area contributed by atoms with E-state index >= 15 is 0 Å². The molecule has 0 aliphatic carbocycles. The number of rotatable bonds is 3. The molecule has 1 spiro atoms. The number of fused-ring (bicyclic) bond motifs is 1. The van der Waals surface area contributed by atoms with Crippen molar-refractivity contribution in [2.75, 3.05) is 32.6 Å². The monoisotopic (exact) mass is 360 g/mol. The number of hydrogen-bond donors (Lipinski definition) is 0. The summed E-state index contributed by atoms with van der Waals surface area (Å²) in [5, 5.41) is 0.970. The summed E-state index contributed by atoms with van der Waals surface area (Å²) >= 11 is 0. The first kappa shape index (κ1) is 16.5. The van der Waals surface area contributed by atoms with E-state index in [0.717, 1.165) is 10.9 Å². The summed E-state index contributed by atoms with van der Waals surface area (Å²) in [6.45, 7) is 0.878. The van der Waals surface area contributed by atoms with Crippen molar-refractivity contribution in [3.8, 4) is 0 Å². The van der Waals surface area contributed by atoms with Crippen LogP contribution in [0.2, 0.25) is 0 Å². The van der Waals surface area contributed by atoms with E-state index in [2.05, 4.69) is 4.98 Å². The Morgan fingerprint density at radius 1 is 1.28 bits per heavy atom. The Bertz CT molecular complexity index is 935. The Hall–Kier alpha value is -1.99. The number of methoxy groups -OCH3 is 1. The smallest absolute Gasteiger partial charge is 0.272 e. The average molecular weight is 360 g/mol. The van der Waals surface area contributed by atoms with Crippen molar-refractivity contribution < 1.29 is 17.9 Å². The lowest BCUT2D eigenvalue weighted by atomic mass is 9.83. The van der Waals surface area contributed by atoms with Gasteiger partial charge in [0.2, 0.25) is 0 Å². The summed E-state index contributed by atoms with van der Waals surface area (Å²) in [5.41, 5.74) is 1.11. The largest absolute Gasteiger partial charge is 0.384 e. The molecule has 0 radical (unpaired) electrons. The molecule has 1 aromatic heterocycles. The van der Waals surface area contributed by atoms with Gasteiger partial charge in [0.1, 0.15) is 10.4 Å². The maximum Gasteiger partial charge on any atom is 0.272 e. The predicted octanol–water partition coefficient (Wildman–Crippen LogP) is 1.51. The predicted molar refractivity (Wildman–Crippen MR) is 94.1 cm³/mol. The number of aromatic nitrogens is 1. The topological polar surface area (TPSA) is 76.6 Å². The number of ether oxygens (including phenoxy) is 1. The van der Waals surface area contributed by atoms with E-state index in [1.165, 1.54) is 0 Å².